The molecule has 15 aromatic rings. The van der Waals surface area contributed by atoms with Crippen LogP contribution in [0.5, 0.6) is 0 Å². The van der Waals surface area contributed by atoms with Crippen LogP contribution < -0.4 is 0 Å². The van der Waals surface area contributed by atoms with Gasteiger partial charge in [-0.05, 0) is 75.6 Å². The van der Waals surface area contributed by atoms with Crippen LogP contribution in [-0.2, 0) is 0 Å². The molecule has 0 fully saturated rings. The number of aromatic nitrogens is 4. The van der Waals surface area contributed by atoms with E-state index in [9.17, 15) is 0 Å². The van der Waals surface area contributed by atoms with Gasteiger partial charge in [-0.2, -0.15) is 0 Å². The van der Waals surface area contributed by atoms with E-state index in [-0.39, 0.29) is 0 Å². The first-order chi connectivity index (χ1) is 29.3. The van der Waals surface area contributed by atoms with Gasteiger partial charge in [0.05, 0.1) is 44.8 Å². The number of pyridine rings is 1. The predicted molar refractivity (Wildman–Crippen MR) is 248 cm³/mol. The van der Waals surface area contributed by atoms with Gasteiger partial charge >= 0.3 is 0 Å². The number of hydrogen-bond donors (Lipinski definition) is 0. The van der Waals surface area contributed by atoms with Crippen molar-refractivity contribution >= 4 is 120 Å². The molecule has 0 spiro atoms. The maximum Gasteiger partial charge on any atom is 0.146 e. The Hall–Kier alpha value is -7.95. The van der Waals surface area contributed by atoms with Crippen LogP contribution in [0.25, 0.3) is 136 Å². The summed E-state index contributed by atoms with van der Waals surface area (Å²) in [4.78, 5) is 5.49. The summed E-state index contributed by atoms with van der Waals surface area (Å²) < 4.78 is 7.36. The third-order valence-electron chi connectivity index (χ3n) is 13.5. The van der Waals surface area contributed by atoms with E-state index in [1.807, 2.05) is 0 Å². The standard InChI is InChI=1S/C55H30N4/c1-2-15-35(16-3-1)57-45-23-9-8-18-38(45)42-27-34(24-25-46(42)57)37-19-10-20-39-40-21-11-22-41-50-51-48(30-56-55(50)59(52(37)39)53(40)41)58-47-29-32-13-5-4-12-31(32)26-43(47)44-28-33-14-6-7-17-36(33)49(51)54(44)58/h1-30H. The van der Waals surface area contributed by atoms with Gasteiger partial charge in [-0.3, -0.25) is 4.40 Å². The van der Waals surface area contributed by atoms with Crippen molar-refractivity contribution in [3.63, 3.8) is 0 Å². The van der Waals surface area contributed by atoms with Crippen LogP contribution in [-0.4, -0.2) is 18.4 Å². The van der Waals surface area contributed by atoms with Crippen molar-refractivity contribution in [2.75, 3.05) is 0 Å². The van der Waals surface area contributed by atoms with Crippen LogP contribution in [0.4, 0.5) is 0 Å². The molecule has 4 nitrogen and oxygen atoms in total. The van der Waals surface area contributed by atoms with Crippen LogP contribution in [0.15, 0.2) is 182 Å². The molecule has 0 saturated heterocycles. The number of rotatable bonds is 2. The Morgan fingerprint density at radius 2 is 1.00 bits per heavy atom. The smallest absolute Gasteiger partial charge is 0.146 e. The lowest BCUT2D eigenvalue weighted by Gasteiger charge is -2.09. The summed E-state index contributed by atoms with van der Waals surface area (Å²) >= 11 is 0. The molecule has 270 valence electrons. The van der Waals surface area contributed by atoms with E-state index >= 15 is 0 Å². The molecule has 0 aliphatic rings. The highest BCUT2D eigenvalue weighted by atomic mass is 15.0. The molecule has 6 heterocycles. The second-order valence-corrected chi connectivity index (χ2v) is 16.3. The number of fused-ring (bicyclic) bond motifs is 19. The zero-order chi connectivity index (χ0) is 38.1. The van der Waals surface area contributed by atoms with Crippen molar-refractivity contribution in [2.24, 2.45) is 0 Å². The van der Waals surface area contributed by atoms with Gasteiger partial charge in [-0.15, -0.1) is 0 Å². The van der Waals surface area contributed by atoms with Crippen molar-refractivity contribution in [1.29, 1.82) is 0 Å². The zero-order valence-electron chi connectivity index (χ0n) is 31.6. The van der Waals surface area contributed by atoms with E-state index in [0.717, 1.165) is 11.2 Å². The van der Waals surface area contributed by atoms with Crippen LogP contribution >= 0.6 is 0 Å². The molecule has 0 atom stereocenters. The summed E-state index contributed by atoms with van der Waals surface area (Å²) in [6.45, 7) is 0. The van der Waals surface area contributed by atoms with Gasteiger partial charge in [0, 0.05) is 65.1 Å². The monoisotopic (exact) mass is 746 g/mol. The van der Waals surface area contributed by atoms with Gasteiger partial charge in [0.2, 0.25) is 0 Å². The van der Waals surface area contributed by atoms with Crippen LogP contribution in [0.2, 0.25) is 0 Å². The van der Waals surface area contributed by atoms with Gasteiger partial charge in [-0.25, -0.2) is 4.98 Å². The summed E-state index contributed by atoms with van der Waals surface area (Å²) in [7, 11) is 0. The summed E-state index contributed by atoms with van der Waals surface area (Å²) in [5.74, 6) is 0. The van der Waals surface area contributed by atoms with Crippen molar-refractivity contribution in [1.82, 2.24) is 18.4 Å². The minimum atomic E-state index is 1.00. The molecule has 0 aliphatic heterocycles. The number of benzene rings is 9. The first-order valence-electron chi connectivity index (χ1n) is 20.4. The van der Waals surface area contributed by atoms with E-state index in [2.05, 4.69) is 195 Å². The molecule has 0 radical (unpaired) electrons. The second kappa shape index (κ2) is 10.5. The summed E-state index contributed by atoms with van der Waals surface area (Å²) in [6, 6.07) is 65.0. The van der Waals surface area contributed by atoms with Gasteiger partial charge in [0.25, 0.3) is 0 Å². The summed E-state index contributed by atoms with van der Waals surface area (Å²) in [6.07, 6.45) is 2.15. The van der Waals surface area contributed by atoms with Gasteiger partial charge in [-0.1, -0.05) is 127 Å². The molecule has 0 bridgehead atoms. The fourth-order valence-corrected chi connectivity index (χ4v) is 11.1. The molecule has 0 N–H and O–H groups in total. The Morgan fingerprint density at radius 3 is 1.88 bits per heavy atom. The predicted octanol–water partition coefficient (Wildman–Crippen LogP) is 14.5. The molecule has 0 saturated carbocycles. The molecule has 4 heteroatoms. The summed E-state index contributed by atoms with van der Waals surface area (Å²) in [5.41, 5.74) is 13.1. The maximum absolute atomic E-state index is 5.49. The number of hydrogen-bond acceptors (Lipinski definition) is 1. The Labute approximate surface area is 335 Å². The molecule has 59 heavy (non-hydrogen) atoms. The Morgan fingerprint density at radius 1 is 0.339 bits per heavy atom. The summed E-state index contributed by atoms with van der Waals surface area (Å²) in [5, 5.41) is 17.7. The average molecular weight is 747 g/mol. The third kappa shape index (κ3) is 3.60. The number of nitrogens with zero attached hydrogens (tertiary/aromatic N) is 4. The number of para-hydroxylation sites is 4. The van der Waals surface area contributed by atoms with E-state index in [4.69, 9.17) is 4.98 Å². The van der Waals surface area contributed by atoms with Crippen LogP contribution in [0, 0.1) is 0 Å². The highest BCUT2D eigenvalue weighted by molar-refractivity contribution is 6.39. The second-order valence-electron chi connectivity index (χ2n) is 16.3. The first kappa shape index (κ1) is 30.2. The van der Waals surface area contributed by atoms with E-state index < -0.39 is 0 Å². The van der Waals surface area contributed by atoms with Crippen molar-refractivity contribution in [3.8, 4) is 16.8 Å². The molecule has 0 aliphatic carbocycles. The molecule has 9 aromatic carbocycles. The Bertz CT molecular complexity index is 4300. The average Bonchev–Trinajstić information content (AvgIpc) is 4.08. The Balaban J connectivity index is 1.09. The third-order valence-corrected chi connectivity index (χ3v) is 13.5. The lowest BCUT2D eigenvalue weighted by molar-refractivity contribution is 1.18. The lowest BCUT2D eigenvalue weighted by atomic mass is 9.97. The molecule has 15 rings (SSSR count). The fraction of sp³-hybridized carbons (Fsp3) is 0. The quantitative estimate of drug-likeness (QED) is 0.173. The maximum atomic E-state index is 5.49. The van der Waals surface area contributed by atoms with Gasteiger partial charge < -0.3 is 8.97 Å². The van der Waals surface area contributed by atoms with E-state index in [1.54, 1.807) is 0 Å². The SMILES string of the molecule is c1ccc(-n2c3ccccc3c3cc(-c4cccc5c6cccc7c8c9c%10c%11ccccc%11cc%11c%12cc%13ccccc%13cc%12n(c9cnc8n(c45)c67)c%11%10)ccc32)cc1. The van der Waals surface area contributed by atoms with Crippen molar-refractivity contribution < 1.29 is 0 Å². The van der Waals surface area contributed by atoms with E-state index in [0.29, 0.717) is 0 Å². The topological polar surface area (TPSA) is 26.6 Å². The van der Waals surface area contributed by atoms with Crippen LogP contribution in [0.1, 0.15) is 0 Å². The van der Waals surface area contributed by atoms with Crippen LogP contribution in [0.3, 0.4) is 0 Å². The fourth-order valence-electron chi connectivity index (χ4n) is 11.1. The Kier molecular flexibility index (Phi) is 5.38. The van der Waals surface area contributed by atoms with E-state index in [1.165, 1.54) is 125 Å². The molecule has 0 amide bonds. The largest absolute Gasteiger partial charge is 0.309 e. The first-order valence-corrected chi connectivity index (χ1v) is 20.4. The van der Waals surface area contributed by atoms with Crippen molar-refractivity contribution in [3.05, 3.63) is 182 Å². The minimum absolute atomic E-state index is 1.00. The molecule has 0 unspecified atom stereocenters. The minimum Gasteiger partial charge on any atom is -0.309 e. The normalized spacial score (nSPS) is 12.7. The lowest BCUT2D eigenvalue weighted by Crippen LogP contribution is -1.93. The molecule has 6 aromatic heterocycles. The highest BCUT2D eigenvalue weighted by Crippen LogP contribution is 2.49. The zero-order valence-corrected chi connectivity index (χ0v) is 31.6. The van der Waals surface area contributed by atoms with Gasteiger partial charge in [0.1, 0.15) is 5.65 Å². The molecular weight excluding hydrogens is 717 g/mol. The highest BCUT2D eigenvalue weighted by Gasteiger charge is 2.27. The van der Waals surface area contributed by atoms with Crippen molar-refractivity contribution in [2.45, 2.75) is 0 Å². The molecular formula is C55H30N4. The van der Waals surface area contributed by atoms with Gasteiger partial charge in [0.15, 0.2) is 0 Å².